The third-order valence-electron chi connectivity index (χ3n) is 10.2. The van der Waals surface area contributed by atoms with Gasteiger partial charge in [-0.15, -0.1) is 0 Å². The molecule has 4 aromatic rings. The molecule has 0 saturated carbocycles. The molecular weight excluding hydrogens is 672 g/mol. The maximum Gasteiger partial charge on any atom is 0.257 e. The molecule has 0 aromatic heterocycles. The van der Waals surface area contributed by atoms with Crippen LogP contribution in [0.3, 0.4) is 0 Å². The molecule has 0 fully saturated rings. The van der Waals surface area contributed by atoms with Gasteiger partial charge in [-0.3, -0.25) is 19.6 Å². The van der Waals surface area contributed by atoms with E-state index in [0.29, 0.717) is 71.8 Å². The minimum atomic E-state index is -0.0980. The van der Waals surface area contributed by atoms with Gasteiger partial charge in [0.15, 0.2) is 23.0 Å². The lowest BCUT2D eigenvalue weighted by Crippen LogP contribution is -2.44. The Morgan fingerprint density at radius 1 is 0.604 bits per heavy atom. The Bertz CT molecular complexity index is 1920. The van der Waals surface area contributed by atoms with Crippen molar-refractivity contribution in [2.24, 2.45) is 9.98 Å². The molecule has 1 N–H and O–H groups in total. The number of aliphatic hydroxyl groups excluding tert-OH is 1. The Balaban J connectivity index is 0.00000214. The van der Waals surface area contributed by atoms with Crippen LogP contribution in [0.1, 0.15) is 62.2 Å². The lowest BCUT2D eigenvalue weighted by atomic mass is 9.94. The van der Waals surface area contributed by atoms with Crippen LogP contribution in [0.25, 0.3) is 0 Å². The minimum absolute atomic E-state index is 0.0573. The Morgan fingerprint density at radius 2 is 1.02 bits per heavy atom. The lowest BCUT2D eigenvalue weighted by molar-refractivity contribution is 0.0696. The molecule has 2 amide bonds. The number of benzene rings is 4. The summed E-state index contributed by atoms with van der Waals surface area (Å²) in [6, 6.07) is 23.4. The number of carbonyl (C=O) groups excluding carboxylic acids is 2. The third-order valence-corrected chi connectivity index (χ3v) is 10.2. The molecular formula is C42H44N4O7. The maximum absolute atomic E-state index is 13.7. The first-order valence-electron chi connectivity index (χ1n) is 18.0. The van der Waals surface area contributed by atoms with Crippen LogP contribution >= 0.6 is 0 Å². The molecule has 0 saturated heterocycles. The monoisotopic (exact) mass is 716 g/mol. The number of rotatable bonds is 10. The Kier molecular flexibility index (Phi) is 10.7. The molecule has 11 nitrogen and oxygen atoms in total. The maximum atomic E-state index is 13.7. The van der Waals surface area contributed by atoms with Crippen LogP contribution in [-0.2, 0) is 25.9 Å². The van der Waals surface area contributed by atoms with E-state index in [-0.39, 0.29) is 23.9 Å². The molecule has 4 aromatic carbocycles. The molecule has 274 valence electrons. The zero-order valence-corrected chi connectivity index (χ0v) is 30.3. The summed E-state index contributed by atoms with van der Waals surface area (Å²) in [5.74, 6) is 2.02. The van der Waals surface area contributed by atoms with Gasteiger partial charge in [-0.05, 0) is 66.5 Å². The highest BCUT2D eigenvalue weighted by Crippen LogP contribution is 2.40. The van der Waals surface area contributed by atoms with Gasteiger partial charge in [-0.1, -0.05) is 48.5 Å². The van der Waals surface area contributed by atoms with Gasteiger partial charge < -0.3 is 33.9 Å². The van der Waals surface area contributed by atoms with Crippen molar-refractivity contribution < 1.29 is 33.6 Å². The molecule has 4 aliphatic heterocycles. The van der Waals surface area contributed by atoms with Crippen molar-refractivity contribution in [3.63, 3.8) is 0 Å². The lowest BCUT2D eigenvalue weighted by Gasteiger charge is -2.34. The van der Waals surface area contributed by atoms with E-state index in [2.05, 4.69) is 24.3 Å². The zero-order valence-electron chi connectivity index (χ0n) is 30.3. The summed E-state index contributed by atoms with van der Waals surface area (Å²) < 4.78 is 23.6. The van der Waals surface area contributed by atoms with Crippen LogP contribution in [0.5, 0.6) is 23.0 Å². The fourth-order valence-electron chi connectivity index (χ4n) is 7.39. The number of hydrogen-bond acceptors (Lipinski definition) is 9. The Morgan fingerprint density at radius 3 is 1.43 bits per heavy atom. The second-order valence-electron chi connectivity index (χ2n) is 13.3. The first-order valence-corrected chi connectivity index (χ1v) is 18.0. The van der Waals surface area contributed by atoms with Gasteiger partial charge in [0.2, 0.25) is 0 Å². The smallest absolute Gasteiger partial charge is 0.257 e. The van der Waals surface area contributed by atoms with E-state index >= 15 is 0 Å². The number of amides is 2. The molecule has 0 bridgehead atoms. The second kappa shape index (κ2) is 15.9. The Hall–Kier alpha value is -5.68. The first kappa shape index (κ1) is 35.7. The van der Waals surface area contributed by atoms with Gasteiger partial charge in [-0.25, -0.2) is 0 Å². The molecule has 2 atom stereocenters. The van der Waals surface area contributed by atoms with Crippen LogP contribution in [0.4, 0.5) is 11.4 Å². The van der Waals surface area contributed by atoms with Crippen LogP contribution < -0.4 is 18.9 Å². The van der Waals surface area contributed by atoms with Crippen molar-refractivity contribution in [2.75, 3.05) is 34.5 Å². The number of unbranched alkanes of at least 4 members (excludes halogenated alkanes) is 2. The number of methoxy groups -OCH3 is 2. The van der Waals surface area contributed by atoms with Crippen molar-refractivity contribution in [1.82, 2.24) is 9.80 Å². The molecule has 53 heavy (non-hydrogen) atoms. The highest BCUT2D eigenvalue weighted by atomic mass is 16.5. The average molecular weight is 717 g/mol. The van der Waals surface area contributed by atoms with Gasteiger partial charge >= 0.3 is 0 Å². The SMILES string of the molecule is CO.COc1cc2c(cc1OCCCCCOc1cc3c(cc1OC)C(=O)N1Cc4ccccc4C[C@H]1C=N3)N=C[C@@H]1Cc3ccccc3CN1C2=O. The van der Waals surface area contributed by atoms with Crippen molar-refractivity contribution >= 4 is 35.6 Å². The predicted molar refractivity (Wildman–Crippen MR) is 203 cm³/mol. The number of hydrogen-bond donors (Lipinski definition) is 1. The number of nitrogens with zero attached hydrogens (tertiary/aromatic N) is 4. The molecule has 8 rings (SSSR count). The number of fused-ring (bicyclic) bond motifs is 6. The fourth-order valence-corrected chi connectivity index (χ4v) is 7.39. The first-order chi connectivity index (χ1) is 26.0. The summed E-state index contributed by atoms with van der Waals surface area (Å²) in [5, 5.41) is 7.00. The Labute approximate surface area is 309 Å². The summed E-state index contributed by atoms with van der Waals surface area (Å²) in [4.78, 5) is 40.5. The van der Waals surface area contributed by atoms with Crippen LogP contribution in [-0.4, -0.2) is 85.8 Å². The van der Waals surface area contributed by atoms with Gasteiger partial charge in [0.1, 0.15) is 0 Å². The van der Waals surface area contributed by atoms with Crippen LogP contribution in [0, 0.1) is 0 Å². The largest absolute Gasteiger partial charge is 0.493 e. The minimum Gasteiger partial charge on any atom is -0.493 e. The molecule has 11 heteroatoms. The predicted octanol–water partition coefficient (Wildman–Crippen LogP) is 6.51. The number of ether oxygens (including phenoxy) is 4. The van der Waals surface area contributed by atoms with Gasteiger partial charge in [-0.2, -0.15) is 0 Å². The highest BCUT2D eigenvalue weighted by Gasteiger charge is 2.34. The van der Waals surface area contributed by atoms with Crippen molar-refractivity contribution in [3.05, 3.63) is 106 Å². The van der Waals surface area contributed by atoms with Gasteiger partial charge in [0.25, 0.3) is 11.8 Å². The quantitative estimate of drug-likeness (QED) is 0.186. The van der Waals surface area contributed by atoms with E-state index in [1.54, 1.807) is 38.5 Å². The fraction of sp³-hybridized carbons (Fsp3) is 0.333. The number of aliphatic hydroxyl groups is 1. The van der Waals surface area contributed by atoms with Crippen molar-refractivity contribution in [3.8, 4) is 23.0 Å². The van der Waals surface area contributed by atoms with E-state index < -0.39 is 0 Å². The molecule has 4 aliphatic rings. The topological polar surface area (TPSA) is 122 Å². The molecule has 0 spiro atoms. The molecule has 0 radical (unpaired) electrons. The van der Waals surface area contributed by atoms with E-state index in [0.717, 1.165) is 39.2 Å². The average Bonchev–Trinajstić information content (AvgIpc) is 3.41. The number of carbonyl (C=O) groups is 2. The van der Waals surface area contributed by atoms with Crippen molar-refractivity contribution in [2.45, 2.75) is 57.3 Å². The van der Waals surface area contributed by atoms with Gasteiger partial charge in [0.05, 0.1) is 62.0 Å². The molecule has 0 aliphatic carbocycles. The standard InChI is InChI=1S/C41H40N4O6.CH4O/c1-48-36-18-32-34(42-22-30-16-26-10-4-6-12-28(26)24-44(30)40(32)46)20-38(36)50-14-8-3-9-15-51-39-21-35-33(19-37(39)49-2)41(47)45-25-29-13-7-5-11-27(29)17-31(45)23-43-35;1-2/h4-7,10-13,18-23,30-31H,3,8-9,14-17,24-25H2,1-2H3;2H,1H3/t30-,31-;/m0./s1. The van der Waals surface area contributed by atoms with E-state index in [1.807, 2.05) is 46.5 Å². The van der Waals surface area contributed by atoms with Crippen LogP contribution in [0.15, 0.2) is 82.8 Å². The zero-order chi connectivity index (χ0) is 36.9. The van der Waals surface area contributed by atoms with Crippen LogP contribution in [0.2, 0.25) is 0 Å². The number of aliphatic imine (C=N–C) groups is 2. The van der Waals surface area contributed by atoms with E-state index in [1.165, 1.54) is 22.3 Å². The second-order valence-corrected chi connectivity index (χ2v) is 13.3. The summed E-state index contributed by atoms with van der Waals surface area (Å²) in [6.07, 6.45) is 7.68. The highest BCUT2D eigenvalue weighted by molar-refractivity contribution is 6.04. The summed E-state index contributed by atoms with van der Waals surface area (Å²) >= 11 is 0. The van der Waals surface area contributed by atoms with E-state index in [4.69, 9.17) is 34.0 Å². The summed E-state index contributed by atoms with van der Waals surface area (Å²) in [6.45, 7) is 2.04. The van der Waals surface area contributed by atoms with Gasteiger partial charge in [0, 0.05) is 44.8 Å². The molecule has 0 unspecified atom stereocenters. The summed E-state index contributed by atoms with van der Waals surface area (Å²) in [7, 11) is 4.16. The van der Waals surface area contributed by atoms with E-state index in [9.17, 15) is 9.59 Å². The van der Waals surface area contributed by atoms with Crippen molar-refractivity contribution in [1.29, 1.82) is 0 Å². The normalized spacial score (nSPS) is 17.7. The summed E-state index contributed by atoms with van der Waals surface area (Å²) in [5.41, 5.74) is 7.04. The third kappa shape index (κ3) is 7.21. The molecule has 4 heterocycles.